The largest absolute Gasteiger partial charge is 0.496 e. The van der Waals surface area contributed by atoms with Crippen LogP contribution in [-0.2, 0) is 6.54 Å². The summed E-state index contributed by atoms with van der Waals surface area (Å²) in [4.78, 5) is 16.2. The Bertz CT molecular complexity index is 660. The molecule has 2 N–H and O–H groups in total. The van der Waals surface area contributed by atoms with Crippen LogP contribution in [0.25, 0.3) is 0 Å². The lowest BCUT2D eigenvalue weighted by atomic mass is 10.1. The highest BCUT2D eigenvalue weighted by atomic mass is 32.1. The van der Waals surface area contributed by atoms with E-state index in [0.29, 0.717) is 17.9 Å². The Kier molecular flexibility index (Phi) is 5.32. The lowest BCUT2D eigenvalue weighted by molar-refractivity contribution is 0.237. The van der Waals surface area contributed by atoms with Crippen LogP contribution in [-0.4, -0.2) is 18.1 Å². The van der Waals surface area contributed by atoms with Gasteiger partial charge in [0.25, 0.3) is 0 Å². The van der Waals surface area contributed by atoms with Crippen LogP contribution in [0.4, 0.5) is 9.18 Å². The topological polar surface area (TPSA) is 63.2 Å². The summed E-state index contributed by atoms with van der Waals surface area (Å²) in [5.41, 5.74) is 1.52. The van der Waals surface area contributed by atoms with Gasteiger partial charge in [-0.25, -0.2) is 14.2 Å². The van der Waals surface area contributed by atoms with Gasteiger partial charge in [-0.1, -0.05) is 0 Å². The zero-order chi connectivity index (χ0) is 16.1. The van der Waals surface area contributed by atoms with Gasteiger partial charge in [0.2, 0.25) is 0 Å². The summed E-state index contributed by atoms with van der Waals surface area (Å²) in [5.74, 6) is 0.160. The molecule has 0 saturated carbocycles. The summed E-state index contributed by atoms with van der Waals surface area (Å²) in [5, 5.41) is 8.25. The molecule has 1 atom stereocenters. The smallest absolute Gasteiger partial charge is 0.315 e. The molecule has 0 unspecified atom stereocenters. The molecule has 2 amide bonds. The molecule has 0 radical (unpaired) electrons. The van der Waals surface area contributed by atoms with Gasteiger partial charge in [0.05, 0.1) is 19.7 Å². The average Bonchev–Trinajstić information content (AvgIpc) is 2.90. The SMILES string of the molecule is COc1ccc(F)cc1[C@@H](C)NC(=O)NCc1nc(C)cs1. The maximum absolute atomic E-state index is 13.4. The lowest BCUT2D eigenvalue weighted by Gasteiger charge is -2.17. The summed E-state index contributed by atoms with van der Waals surface area (Å²) in [6.45, 7) is 4.03. The molecule has 0 aliphatic heterocycles. The van der Waals surface area contributed by atoms with E-state index in [4.69, 9.17) is 4.74 Å². The third-order valence-corrected chi connectivity index (χ3v) is 4.04. The Labute approximate surface area is 132 Å². The average molecular weight is 323 g/mol. The van der Waals surface area contributed by atoms with Crippen LogP contribution in [0.1, 0.15) is 29.2 Å². The molecule has 0 saturated heterocycles. The second kappa shape index (κ2) is 7.22. The number of ether oxygens (including phenoxy) is 1. The Hall–Kier alpha value is -2.15. The molecule has 22 heavy (non-hydrogen) atoms. The van der Waals surface area contributed by atoms with Gasteiger partial charge < -0.3 is 15.4 Å². The van der Waals surface area contributed by atoms with E-state index in [1.165, 1.54) is 30.6 Å². The van der Waals surface area contributed by atoms with E-state index < -0.39 is 0 Å². The number of nitrogens with one attached hydrogen (secondary N) is 2. The van der Waals surface area contributed by atoms with Crippen molar-refractivity contribution in [3.63, 3.8) is 0 Å². The van der Waals surface area contributed by atoms with Gasteiger partial charge in [-0.3, -0.25) is 0 Å². The molecule has 0 aliphatic rings. The monoisotopic (exact) mass is 323 g/mol. The first-order chi connectivity index (χ1) is 10.5. The Morgan fingerprint density at radius 1 is 1.50 bits per heavy atom. The van der Waals surface area contributed by atoms with Crippen LogP contribution >= 0.6 is 11.3 Å². The highest BCUT2D eigenvalue weighted by molar-refractivity contribution is 7.09. The van der Waals surface area contributed by atoms with Crippen molar-refractivity contribution in [1.82, 2.24) is 15.6 Å². The van der Waals surface area contributed by atoms with Crippen molar-refractivity contribution in [2.75, 3.05) is 7.11 Å². The third-order valence-electron chi connectivity index (χ3n) is 3.07. The van der Waals surface area contributed by atoms with E-state index in [1.807, 2.05) is 12.3 Å². The Balaban J connectivity index is 1.94. The maximum Gasteiger partial charge on any atom is 0.315 e. The van der Waals surface area contributed by atoms with E-state index >= 15 is 0 Å². The van der Waals surface area contributed by atoms with Crippen molar-refractivity contribution in [3.8, 4) is 5.75 Å². The number of urea groups is 1. The van der Waals surface area contributed by atoms with Gasteiger partial charge in [-0.15, -0.1) is 11.3 Å². The van der Waals surface area contributed by atoms with Crippen LogP contribution in [0.5, 0.6) is 5.75 Å². The molecule has 5 nitrogen and oxygen atoms in total. The highest BCUT2D eigenvalue weighted by Crippen LogP contribution is 2.25. The van der Waals surface area contributed by atoms with Crippen molar-refractivity contribution in [2.45, 2.75) is 26.4 Å². The van der Waals surface area contributed by atoms with E-state index in [9.17, 15) is 9.18 Å². The van der Waals surface area contributed by atoms with Gasteiger partial charge in [0.15, 0.2) is 0 Å². The normalized spacial score (nSPS) is 11.8. The van der Waals surface area contributed by atoms with Gasteiger partial charge in [0.1, 0.15) is 16.6 Å². The van der Waals surface area contributed by atoms with Crippen molar-refractivity contribution in [1.29, 1.82) is 0 Å². The predicted molar refractivity (Wildman–Crippen MR) is 83.6 cm³/mol. The number of methoxy groups -OCH3 is 1. The van der Waals surface area contributed by atoms with Crippen LogP contribution in [0, 0.1) is 12.7 Å². The zero-order valence-electron chi connectivity index (χ0n) is 12.6. The fraction of sp³-hybridized carbons (Fsp3) is 0.333. The minimum atomic E-state index is -0.385. The Morgan fingerprint density at radius 2 is 2.27 bits per heavy atom. The number of halogens is 1. The summed E-state index contributed by atoms with van der Waals surface area (Å²) in [7, 11) is 1.51. The van der Waals surface area contributed by atoms with Crippen molar-refractivity contribution < 1.29 is 13.9 Å². The number of aryl methyl sites for hydroxylation is 1. The zero-order valence-corrected chi connectivity index (χ0v) is 13.5. The fourth-order valence-corrected chi connectivity index (χ4v) is 2.72. The molecule has 1 aromatic carbocycles. The number of aromatic nitrogens is 1. The molecule has 1 heterocycles. The summed E-state index contributed by atoms with van der Waals surface area (Å²) >= 11 is 1.49. The molecule has 2 aromatic rings. The number of rotatable bonds is 5. The number of hydrogen-bond acceptors (Lipinski definition) is 4. The molecule has 1 aromatic heterocycles. The molecule has 0 aliphatic carbocycles. The van der Waals surface area contributed by atoms with Crippen molar-refractivity contribution in [2.24, 2.45) is 0 Å². The Morgan fingerprint density at radius 3 is 2.91 bits per heavy atom. The molecule has 0 bridgehead atoms. The fourth-order valence-electron chi connectivity index (χ4n) is 2.01. The second-order valence-electron chi connectivity index (χ2n) is 4.82. The van der Waals surface area contributed by atoms with E-state index in [0.717, 1.165) is 10.7 Å². The minimum Gasteiger partial charge on any atom is -0.496 e. The molecular weight excluding hydrogens is 305 g/mol. The first-order valence-electron chi connectivity index (χ1n) is 6.78. The van der Waals surface area contributed by atoms with E-state index in [2.05, 4.69) is 15.6 Å². The number of benzene rings is 1. The summed E-state index contributed by atoms with van der Waals surface area (Å²) in [6.07, 6.45) is 0. The first kappa shape index (κ1) is 16.2. The highest BCUT2D eigenvalue weighted by Gasteiger charge is 2.15. The van der Waals surface area contributed by atoms with Crippen molar-refractivity contribution in [3.05, 3.63) is 45.7 Å². The standard InChI is InChI=1S/C15H18FN3O2S/c1-9-8-22-14(18-9)7-17-15(20)19-10(2)12-6-11(16)4-5-13(12)21-3/h4-6,8,10H,7H2,1-3H3,(H2,17,19,20)/t10-/m1/s1. The molecule has 2 rings (SSSR count). The minimum absolute atomic E-state index is 0.341. The second-order valence-corrected chi connectivity index (χ2v) is 5.76. The summed E-state index contributed by atoms with van der Waals surface area (Å²) < 4.78 is 18.6. The number of nitrogens with zero attached hydrogens (tertiary/aromatic N) is 1. The maximum atomic E-state index is 13.4. The van der Waals surface area contributed by atoms with Gasteiger partial charge in [-0.05, 0) is 32.0 Å². The number of amides is 2. The van der Waals surface area contributed by atoms with Gasteiger partial charge >= 0.3 is 6.03 Å². The lowest BCUT2D eigenvalue weighted by Crippen LogP contribution is -2.36. The predicted octanol–water partition coefficient (Wildman–Crippen LogP) is 3.16. The molecule has 7 heteroatoms. The molecular formula is C15H18FN3O2S. The number of hydrogen-bond donors (Lipinski definition) is 2. The van der Waals surface area contributed by atoms with Gasteiger partial charge in [-0.2, -0.15) is 0 Å². The first-order valence-corrected chi connectivity index (χ1v) is 7.66. The van der Waals surface area contributed by atoms with Crippen molar-refractivity contribution >= 4 is 17.4 Å². The quantitative estimate of drug-likeness (QED) is 0.888. The van der Waals surface area contributed by atoms with E-state index in [-0.39, 0.29) is 17.9 Å². The molecule has 0 fully saturated rings. The molecule has 118 valence electrons. The van der Waals surface area contributed by atoms with Crippen LogP contribution in [0.2, 0.25) is 0 Å². The van der Waals surface area contributed by atoms with Gasteiger partial charge in [0, 0.05) is 16.6 Å². The number of carbonyl (C=O) groups excluding carboxylic acids is 1. The van der Waals surface area contributed by atoms with Crippen LogP contribution in [0.15, 0.2) is 23.6 Å². The number of carbonyl (C=O) groups is 1. The van der Waals surface area contributed by atoms with E-state index in [1.54, 1.807) is 13.0 Å². The molecule has 0 spiro atoms. The summed E-state index contributed by atoms with van der Waals surface area (Å²) in [6, 6.07) is 3.49. The van der Waals surface area contributed by atoms with Crippen LogP contribution in [0.3, 0.4) is 0 Å². The van der Waals surface area contributed by atoms with Crippen LogP contribution < -0.4 is 15.4 Å². The number of thiazole rings is 1. The third kappa shape index (κ3) is 4.17.